The van der Waals surface area contributed by atoms with Crippen LogP contribution in [0.5, 0.6) is 0 Å². The number of alkyl halides is 3. The molecule has 0 bridgehead atoms. The van der Waals surface area contributed by atoms with Crippen molar-refractivity contribution in [2.24, 2.45) is 0 Å². The zero-order valence-corrected chi connectivity index (χ0v) is 9.88. The number of amides is 1. The van der Waals surface area contributed by atoms with Crippen LogP contribution in [-0.2, 0) is 10.0 Å². The van der Waals surface area contributed by atoms with Crippen LogP contribution in [0.15, 0.2) is 30.3 Å². The van der Waals surface area contributed by atoms with Crippen molar-refractivity contribution in [2.75, 3.05) is 5.75 Å². The second-order valence-electron chi connectivity index (χ2n) is 3.48. The molecule has 0 spiro atoms. The molecule has 100 valence electrons. The van der Waals surface area contributed by atoms with Crippen LogP contribution in [0.3, 0.4) is 0 Å². The summed E-state index contributed by atoms with van der Waals surface area (Å²) in [7, 11) is -4.28. The van der Waals surface area contributed by atoms with Gasteiger partial charge in [-0.1, -0.05) is 18.2 Å². The maximum atomic E-state index is 11.9. The maximum absolute atomic E-state index is 11.9. The number of nitrogens with one attached hydrogen (secondary N) is 1. The van der Waals surface area contributed by atoms with Gasteiger partial charge < -0.3 is 0 Å². The van der Waals surface area contributed by atoms with Crippen LogP contribution in [0.2, 0.25) is 0 Å². The molecule has 18 heavy (non-hydrogen) atoms. The lowest BCUT2D eigenvalue weighted by Crippen LogP contribution is -2.33. The van der Waals surface area contributed by atoms with Crippen molar-refractivity contribution >= 4 is 15.9 Å². The Bertz CT molecular complexity index is 511. The van der Waals surface area contributed by atoms with Crippen LogP contribution < -0.4 is 4.72 Å². The fourth-order valence-corrected chi connectivity index (χ4v) is 2.09. The molecule has 1 amide bonds. The Morgan fingerprint density at radius 3 is 2.22 bits per heavy atom. The molecule has 4 nitrogen and oxygen atoms in total. The van der Waals surface area contributed by atoms with Crippen molar-refractivity contribution in [2.45, 2.75) is 12.6 Å². The normalized spacial score (nSPS) is 12.2. The van der Waals surface area contributed by atoms with Crippen molar-refractivity contribution in [1.29, 1.82) is 0 Å². The predicted octanol–water partition coefficient (Wildman–Crippen LogP) is 1.70. The molecular weight excluding hydrogens is 271 g/mol. The predicted molar refractivity (Wildman–Crippen MR) is 58.4 cm³/mol. The number of halogens is 3. The van der Waals surface area contributed by atoms with Crippen LogP contribution in [0, 0.1) is 0 Å². The molecule has 0 aliphatic carbocycles. The van der Waals surface area contributed by atoms with E-state index in [1.807, 2.05) is 0 Å². The van der Waals surface area contributed by atoms with Gasteiger partial charge in [0.1, 0.15) is 0 Å². The van der Waals surface area contributed by atoms with Gasteiger partial charge in [0.15, 0.2) is 0 Å². The Morgan fingerprint density at radius 2 is 1.72 bits per heavy atom. The Kier molecular flexibility index (Phi) is 4.33. The second kappa shape index (κ2) is 5.38. The summed E-state index contributed by atoms with van der Waals surface area (Å²) < 4.78 is 59.6. The molecular formula is C10H10F3NO3S. The van der Waals surface area contributed by atoms with E-state index in [0.29, 0.717) is 0 Å². The molecule has 1 aromatic rings. The summed E-state index contributed by atoms with van der Waals surface area (Å²) >= 11 is 0. The van der Waals surface area contributed by atoms with Crippen molar-refractivity contribution in [3.05, 3.63) is 35.9 Å². The molecule has 1 rings (SSSR count). The van der Waals surface area contributed by atoms with Gasteiger partial charge in [-0.05, 0) is 12.1 Å². The van der Waals surface area contributed by atoms with Crippen LogP contribution in [0.25, 0.3) is 0 Å². The Balaban J connectivity index is 2.64. The van der Waals surface area contributed by atoms with Gasteiger partial charge in [-0.15, -0.1) is 0 Å². The Hall–Kier alpha value is -1.57. The highest BCUT2D eigenvalue weighted by molar-refractivity contribution is 7.90. The molecule has 0 aliphatic heterocycles. The number of hydrogen-bond acceptors (Lipinski definition) is 3. The quantitative estimate of drug-likeness (QED) is 0.913. The molecule has 0 aromatic heterocycles. The number of carbonyl (C=O) groups is 1. The first-order valence-electron chi connectivity index (χ1n) is 4.86. The van der Waals surface area contributed by atoms with Crippen molar-refractivity contribution < 1.29 is 26.4 Å². The maximum Gasteiger partial charge on any atom is 0.390 e. The van der Waals surface area contributed by atoms with Gasteiger partial charge in [0, 0.05) is 5.56 Å². The molecule has 0 radical (unpaired) electrons. The van der Waals surface area contributed by atoms with E-state index in [0.717, 1.165) is 0 Å². The first-order chi connectivity index (χ1) is 8.20. The van der Waals surface area contributed by atoms with Crippen LogP contribution in [0.1, 0.15) is 16.8 Å². The van der Waals surface area contributed by atoms with Gasteiger partial charge >= 0.3 is 6.18 Å². The number of sulfonamides is 1. The molecule has 0 saturated heterocycles. The monoisotopic (exact) mass is 281 g/mol. The lowest BCUT2D eigenvalue weighted by atomic mass is 10.2. The zero-order chi connectivity index (χ0) is 13.8. The summed E-state index contributed by atoms with van der Waals surface area (Å²) in [4.78, 5) is 11.4. The lowest BCUT2D eigenvalue weighted by Gasteiger charge is -2.08. The molecule has 0 unspecified atom stereocenters. The topological polar surface area (TPSA) is 63.2 Å². The number of rotatable bonds is 4. The third-order valence-corrected chi connectivity index (χ3v) is 3.18. The lowest BCUT2D eigenvalue weighted by molar-refractivity contribution is -0.130. The van der Waals surface area contributed by atoms with E-state index < -0.39 is 34.3 Å². The van der Waals surface area contributed by atoms with Crippen LogP contribution in [0.4, 0.5) is 13.2 Å². The minimum atomic E-state index is -4.58. The van der Waals surface area contributed by atoms with Gasteiger partial charge in [-0.2, -0.15) is 13.2 Å². The Labute approximate surface area is 102 Å². The minimum Gasteiger partial charge on any atom is -0.268 e. The van der Waals surface area contributed by atoms with Gasteiger partial charge in [0.05, 0.1) is 12.2 Å². The second-order valence-corrected chi connectivity index (χ2v) is 5.32. The number of benzene rings is 1. The minimum absolute atomic E-state index is 0.0630. The van der Waals surface area contributed by atoms with Gasteiger partial charge in [0.25, 0.3) is 5.91 Å². The smallest absolute Gasteiger partial charge is 0.268 e. The summed E-state index contributed by atoms with van der Waals surface area (Å²) in [6.45, 7) is 0. The van der Waals surface area contributed by atoms with E-state index >= 15 is 0 Å². The summed E-state index contributed by atoms with van der Waals surface area (Å²) in [5, 5.41) is 0. The third kappa shape index (κ3) is 5.17. The van der Waals surface area contributed by atoms with E-state index in [1.165, 1.54) is 24.3 Å². The van der Waals surface area contributed by atoms with Gasteiger partial charge in [-0.3, -0.25) is 4.79 Å². The van der Waals surface area contributed by atoms with E-state index in [9.17, 15) is 26.4 Å². The molecule has 0 heterocycles. The standard InChI is InChI=1S/C10H10F3NO3S/c11-10(12,13)6-7-18(16,17)14-9(15)8-4-2-1-3-5-8/h1-5H,6-7H2,(H,14,15). The summed E-state index contributed by atoms with van der Waals surface area (Å²) in [5.41, 5.74) is 0.0630. The van der Waals surface area contributed by atoms with E-state index in [2.05, 4.69) is 0 Å². The van der Waals surface area contributed by atoms with Crippen molar-refractivity contribution in [3.8, 4) is 0 Å². The zero-order valence-electron chi connectivity index (χ0n) is 9.07. The van der Waals surface area contributed by atoms with E-state index in [-0.39, 0.29) is 5.56 Å². The molecule has 0 atom stereocenters. The summed E-state index contributed by atoms with van der Waals surface area (Å²) in [6, 6.07) is 7.35. The van der Waals surface area contributed by atoms with Crippen LogP contribution in [-0.4, -0.2) is 26.3 Å². The summed E-state index contributed by atoms with van der Waals surface area (Å²) in [5.74, 6) is -2.12. The molecule has 1 aromatic carbocycles. The fourth-order valence-electron chi connectivity index (χ4n) is 1.09. The molecule has 0 saturated carbocycles. The van der Waals surface area contributed by atoms with E-state index in [4.69, 9.17) is 0 Å². The average molecular weight is 281 g/mol. The molecule has 1 N–H and O–H groups in total. The highest BCUT2D eigenvalue weighted by Gasteiger charge is 2.30. The number of hydrogen-bond donors (Lipinski definition) is 1. The summed E-state index contributed by atoms with van der Waals surface area (Å²) in [6.07, 6.45) is -6.07. The molecule has 8 heteroatoms. The largest absolute Gasteiger partial charge is 0.390 e. The highest BCUT2D eigenvalue weighted by atomic mass is 32.2. The molecule has 0 fully saturated rings. The van der Waals surface area contributed by atoms with Crippen LogP contribution >= 0.6 is 0 Å². The fraction of sp³-hybridized carbons (Fsp3) is 0.300. The molecule has 0 aliphatic rings. The highest BCUT2D eigenvalue weighted by Crippen LogP contribution is 2.19. The Morgan fingerprint density at radius 1 is 1.17 bits per heavy atom. The van der Waals surface area contributed by atoms with Gasteiger partial charge in [-0.25, -0.2) is 13.1 Å². The number of carbonyl (C=O) groups excluding carboxylic acids is 1. The third-order valence-electron chi connectivity index (χ3n) is 1.94. The van der Waals surface area contributed by atoms with E-state index in [1.54, 1.807) is 10.8 Å². The first-order valence-corrected chi connectivity index (χ1v) is 6.51. The van der Waals surface area contributed by atoms with Crippen molar-refractivity contribution in [3.63, 3.8) is 0 Å². The average Bonchev–Trinajstić information content (AvgIpc) is 2.26. The van der Waals surface area contributed by atoms with Crippen molar-refractivity contribution in [1.82, 2.24) is 4.72 Å². The SMILES string of the molecule is O=C(NS(=O)(=O)CCC(F)(F)F)c1ccccc1. The first kappa shape index (κ1) is 14.5. The van der Waals surface area contributed by atoms with Gasteiger partial charge in [0.2, 0.25) is 10.0 Å².